The highest BCUT2D eigenvalue weighted by Gasteiger charge is 2.44. The Hall–Kier alpha value is -2.89. The molecule has 2 aromatic rings. The molecular weight excluding hydrogens is 366 g/mol. The number of nitrogens with zero attached hydrogens (tertiary/aromatic N) is 2. The first-order valence-corrected chi connectivity index (χ1v) is 10.2. The molecule has 0 bridgehead atoms. The first-order chi connectivity index (χ1) is 14.0. The number of rotatable bonds is 8. The summed E-state index contributed by atoms with van der Waals surface area (Å²) in [7, 11) is 1.62. The number of hydrogen-bond donors (Lipinski definition) is 1. The number of unbranched alkanes of at least 4 members (excludes halogenated alkanes) is 1. The van der Waals surface area contributed by atoms with Crippen molar-refractivity contribution >= 4 is 11.8 Å². The second-order valence-corrected chi connectivity index (χ2v) is 7.45. The van der Waals surface area contributed by atoms with E-state index in [1.807, 2.05) is 54.3 Å². The maximum absolute atomic E-state index is 13.2. The molecule has 3 unspecified atom stereocenters. The van der Waals surface area contributed by atoms with Gasteiger partial charge in [-0.3, -0.25) is 14.6 Å². The van der Waals surface area contributed by atoms with Gasteiger partial charge in [-0.05, 0) is 43.2 Å². The number of hydrogen-bond acceptors (Lipinski definition) is 4. The van der Waals surface area contributed by atoms with Gasteiger partial charge >= 0.3 is 0 Å². The molecule has 6 heteroatoms. The number of aromatic nitrogens is 1. The van der Waals surface area contributed by atoms with Crippen LogP contribution in [0.1, 0.15) is 56.5 Å². The lowest BCUT2D eigenvalue weighted by molar-refractivity contribution is -0.129. The molecule has 1 saturated heterocycles. The molecule has 3 rings (SSSR count). The minimum Gasteiger partial charge on any atom is -0.497 e. The molecule has 0 radical (unpaired) electrons. The predicted octanol–water partition coefficient (Wildman–Crippen LogP) is 3.66. The third-order valence-corrected chi connectivity index (χ3v) is 5.47. The number of likely N-dealkylation sites (tertiary alicyclic amines) is 1. The zero-order chi connectivity index (χ0) is 20.8. The van der Waals surface area contributed by atoms with Gasteiger partial charge in [-0.2, -0.15) is 0 Å². The van der Waals surface area contributed by atoms with Crippen molar-refractivity contribution < 1.29 is 14.3 Å². The molecule has 2 heterocycles. The van der Waals surface area contributed by atoms with Crippen molar-refractivity contribution in [1.82, 2.24) is 15.2 Å². The average molecular weight is 396 g/mol. The second kappa shape index (κ2) is 9.54. The number of benzene rings is 1. The molecule has 3 atom stereocenters. The molecule has 6 nitrogen and oxygen atoms in total. The van der Waals surface area contributed by atoms with Crippen LogP contribution in [-0.2, 0) is 9.59 Å². The zero-order valence-corrected chi connectivity index (χ0v) is 17.3. The summed E-state index contributed by atoms with van der Waals surface area (Å²) in [5.41, 5.74) is 1.76. The number of ether oxygens (including phenoxy) is 1. The summed E-state index contributed by atoms with van der Waals surface area (Å²) in [5, 5.41) is 3.05. The standard InChI is InChI=1S/C23H29N3O3/c1-4-5-14-26-21(27)15-19(22(26)17-9-11-18(29-3)12-10-17)23(28)25-16(2)20-8-6-7-13-24-20/h6-13,16,19,22H,4-5,14-15H2,1-3H3,(H,25,28). The van der Waals surface area contributed by atoms with Gasteiger partial charge in [-0.1, -0.05) is 31.5 Å². The van der Waals surface area contributed by atoms with Crippen molar-refractivity contribution in [3.63, 3.8) is 0 Å². The minimum absolute atomic E-state index is 0.0323. The van der Waals surface area contributed by atoms with E-state index >= 15 is 0 Å². The summed E-state index contributed by atoms with van der Waals surface area (Å²) in [6.45, 7) is 4.67. The molecule has 0 aliphatic carbocycles. The fourth-order valence-corrected chi connectivity index (χ4v) is 3.86. The molecule has 0 spiro atoms. The lowest BCUT2D eigenvalue weighted by Gasteiger charge is -2.29. The van der Waals surface area contributed by atoms with Gasteiger partial charge in [0.2, 0.25) is 11.8 Å². The van der Waals surface area contributed by atoms with E-state index in [1.54, 1.807) is 13.3 Å². The van der Waals surface area contributed by atoms with E-state index in [2.05, 4.69) is 17.2 Å². The van der Waals surface area contributed by atoms with Crippen LogP contribution in [0.3, 0.4) is 0 Å². The van der Waals surface area contributed by atoms with E-state index in [-0.39, 0.29) is 30.3 Å². The predicted molar refractivity (Wildman–Crippen MR) is 111 cm³/mol. The van der Waals surface area contributed by atoms with Crippen LogP contribution in [0.4, 0.5) is 0 Å². The van der Waals surface area contributed by atoms with Crippen molar-refractivity contribution in [3.8, 4) is 5.75 Å². The van der Waals surface area contributed by atoms with E-state index in [1.165, 1.54) is 0 Å². The molecule has 1 aromatic carbocycles. The van der Waals surface area contributed by atoms with Crippen molar-refractivity contribution in [2.75, 3.05) is 13.7 Å². The van der Waals surface area contributed by atoms with Crippen molar-refractivity contribution in [2.24, 2.45) is 5.92 Å². The Balaban J connectivity index is 1.83. The van der Waals surface area contributed by atoms with Gasteiger partial charge in [0.05, 0.1) is 30.8 Å². The third-order valence-electron chi connectivity index (χ3n) is 5.47. The lowest BCUT2D eigenvalue weighted by atomic mass is 9.92. The van der Waals surface area contributed by atoms with Gasteiger partial charge in [0.25, 0.3) is 0 Å². The molecule has 0 saturated carbocycles. The van der Waals surface area contributed by atoms with Crippen LogP contribution in [0, 0.1) is 5.92 Å². The highest BCUT2D eigenvalue weighted by molar-refractivity contribution is 5.90. The summed E-state index contributed by atoms with van der Waals surface area (Å²) >= 11 is 0. The molecule has 154 valence electrons. The molecule has 2 amide bonds. The van der Waals surface area contributed by atoms with Gasteiger partial charge in [-0.25, -0.2) is 0 Å². The average Bonchev–Trinajstić information content (AvgIpc) is 3.09. The Kier molecular flexibility index (Phi) is 6.86. The zero-order valence-electron chi connectivity index (χ0n) is 17.3. The van der Waals surface area contributed by atoms with Gasteiger partial charge in [0.15, 0.2) is 0 Å². The summed E-state index contributed by atoms with van der Waals surface area (Å²) in [6.07, 6.45) is 3.84. The van der Waals surface area contributed by atoms with Gasteiger partial charge in [0.1, 0.15) is 5.75 Å². The molecule has 1 fully saturated rings. The first-order valence-electron chi connectivity index (χ1n) is 10.2. The number of amides is 2. The number of methoxy groups -OCH3 is 1. The molecule has 1 aliphatic rings. The van der Waals surface area contributed by atoms with Gasteiger partial charge in [-0.15, -0.1) is 0 Å². The van der Waals surface area contributed by atoms with Crippen molar-refractivity contribution in [1.29, 1.82) is 0 Å². The maximum atomic E-state index is 13.2. The van der Waals surface area contributed by atoms with Crippen molar-refractivity contribution in [3.05, 3.63) is 59.9 Å². The molecule has 1 N–H and O–H groups in total. The van der Waals surface area contributed by atoms with Crippen LogP contribution >= 0.6 is 0 Å². The fourth-order valence-electron chi connectivity index (χ4n) is 3.86. The Bertz CT molecular complexity index is 823. The number of carbonyl (C=O) groups excluding carboxylic acids is 2. The topological polar surface area (TPSA) is 71.5 Å². The van der Waals surface area contributed by atoms with Crippen LogP contribution < -0.4 is 10.1 Å². The SMILES string of the molecule is CCCCN1C(=O)CC(C(=O)NC(C)c2ccccn2)C1c1ccc(OC)cc1. The molecule has 1 aliphatic heterocycles. The second-order valence-electron chi connectivity index (χ2n) is 7.45. The first kappa shape index (κ1) is 20.8. The quantitative estimate of drug-likeness (QED) is 0.740. The highest BCUT2D eigenvalue weighted by Crippen LogP contribution is 2.39. The highest BCUT2D eigenvalue weighted by atomic mass is 16.5. The van der Waals surface area contributed by atoms with Crippen molar-refractivity contribution in [2.45, 2.75) is 45.2 Å². The Morgan fingerprint density at radius 3 is 2.66 bits per heavy atom. The van der Waals surface area contributed by atoms with E-state index in [0.29, 0.717) is 6.54 Å². The fraction of sp³-hybridized carbons (Fsp3) is 0.435. The van der Waals surface area contributed by atoms with Crippen LogP contribution in [0.2, 0.25) is 0 Å². The maximum Gasteiger partial charge on any atom is 0.226 e. The van der Waals surface area contributed by atoms with Crippen LogP contribution in [0.5, 0.6) is 5.75 Å². The van der Waals surface area contributed by atoms with Crippen LogP contribution in [-0.4, -0.2) is 35.4 Å². The minimum atomic E-state index is -0.432. The van der Waals surface area contributed by atoms with Gasteiger partial charge in [0, 0.05) is 19.2 Å². The number of carbonyl (C=O) groups is 2. The Morgan fingerprint density at radius 1 is 1.28 bits per heavy atom. The Morgan fingerprint density at radius 2 is 2.03 bits per heavy atom. The normalized spacial score (nSPS) is 19.8. The van der Waals surface area contributed by atoms with Crippen LogP contribution in [0.25, 0.3) is 0 Å². The third kappa shape index (κ3) is 4.75. The summed E-state index contributed by atoms with van der Waals surface area (Å²) in [5.74, 6) is 0.239. The summed E-state index contributed by atoms with van der Waals surface area (Å²) < 4.78 is 5.25. The smallest absolute Gasteiger partial charge is 0.226 e. The lowest BCUT2D eigenvalue weighted by Crippen LogP contribution is -2.37. The number of pyridine rings is 1. The van der Waals surface area contributed by atoms with E-state index in [0.717, 1.165) is 29.8 Å². The van der Waals surface area contributed by atoms with Crippen LogP contribution in [0.15, 0.2) is 48.7 Å². The molecule has 1 aromatic heterocycles. The Labute approximate surface area is 172 Å². The summed E-state index contributed by atoms with van der Waals surface area (Å²) in [6, 6.07) is 12.8. The van der Waals surface area contributed by atoms with E-state index in [4.69, 9.17) is 4.74 Å². The molecular formula is C23H29N3O3. The van der Waals surface area contributed by atoms with Gasteiger partial charge < -0.3 is 15.0 Å². The monoisotopic (exact) mass is 395 g/mol. The van der Waals surface area contributed by atoms with E-state index in [9.17, 15) is 9.59 Å². The summed E-state index contributed by atoms with van der Waals surface area (Å²) in [4.78, 5) is 32.1. The van der Waals surface area contributed by atoms with E-state index < -0.39 is 5.92 Å². The molecule has 29 heavy (non-hydrogen) atoms. The number of nitrogens with one attached hydrogen (secondary N) is 1. The largest absolute Gasteiger partial charge is 0.497 e.